The van der Waals surface area contributed by atoms with E-state index in [1.54, 1.807) is 0 Å². The Morgan fingerprint density at radius 3 is 2.38 bits per heavy atom. The smallest absolute Gasteiger partial charge is 0.262 e. The van der Waals surface area contributed by atoms with Crippen molar-refractivity contribution in [1.29, 1.82) is 0 Å². The predicted octanol–water partition coefficient (Wildman–Crippen LogP) is 2.51. The Balaban J connectivity index is 2.04. The molecule has 0 fully saturated rings. The molecule has 1 aliphatic heterocycles. The molecule has 1 atom stereocenters. The van der Waals surface area contributed by atoms with Crippen LogP contribution in [0.4, 0.5) is 5.69 Å². The van der Waals surface area contributed by atoms with Crippen molar-refractivity contribution in [3.05, 3.63) is 66.2 Å². The Morgan fingerprint density at radius 2 is 1.75 bits per heavy atom. The molecule has 5 heteroatoms. The van der Waals surface area contributed by atoms with Crippen LogP contribution in [0.3, 0.4) is 0 Å². The molecule has 0 radical (unpaired) electrons. The molecule has 5 nitrogen and oxygen atoms in total. The van der Waals surface area contributed by atoms with Crippen LogP contribution in [-0.2, 0) is 4.79 Å². The largest absolute Gasteiger partial charge is 0.394 e. The van der Waals surface area contributed by atoms with E-state index in [4.69, 9.17) is 5.11 Å². The van der Waals surface area contributed by atoms with Gasteiger partial charge in [0.15, 0.2) is 0 Å². The average molecular weight is 321 g/mol. The summed E-state index contributed by atoms with van der Waals surface area (Å²) in [7, 11) is 0. The van der Waals surface area contributed by atoms with Crippen LogP contribution >= 0.6 is 0 Å². The van der Waals surface area contributed by atoms with Crippen LogP contribution in [0.15, 0.2) is 70.8 Å². The van der Waals surface area contributed by atoms with E-state index in [1.807, 2.05) is 67.6 Å². The number of hydrogen-bond donors (Lipinski definition) is 1. The van der Waals surface area contributed by atoms with Crippen molar-refractivity contribution in [1.82, 2.24) is 0 Å². The van der Waals surface area contributed by atoms with Gasteiger partial charge in [0.05, 0.1) is 24.6 Å². The minimum Gasteiger partial charge on any atom is -0.394 e. The zero-order valence-corrected chi connectivity index (χ0v) is 13.5. The maximum absolute atomic E-state index is 13.0. The normalized spacial score (nSPS) is 18.0. The molecular formula is C19H19N3O2. The Bertz CT molecular complexity index is 770. The second kappa shape index (κ2) is 7.19. The van der Waals surface area contributed by atoms with Gasteiger partial charge in [-0.05, 0) is 24.6 Å². The van der Waals surface area contributed by atoms with Gasteiger partial charge in [-0.3, -0.25) is 9.79 Å². The van der Waals surface area contributed by atoms with Crippen molar-refractivity contribution < 1.29 is 9.90 Å². The summed E-state index contributed by atoms with van der Waals surface area (Å²) in [5, 5.41) is 15.0. The van der Waals surface area contributed by atoms with E-state index in [1.165, 1.54) is 5.01 Å². The Labute approximate surface area is 141 Å². The number of nitrogens with zero attached hydrogens (tertiary/aromatic N) is 3. The molecule has 122 valence electrons. The molecule has 24 heavy (non-hydrogen) atoms. The first-order valence-corrected chi connectivity index (χ1v) is 7.87. The summed E-state index contributed by atoms with van der Waals surface area (Å²) in [5.74, 6) is -0.654. The quantitative estimate of drug-likeness (QED) is 0.860. The Morgan fingerprint density at radius 1 is 1.12 bits per heavy atom. The van der Waals surface area contributed by atoms with Gasteiger partial charge < -0.3 is 5.11 Å². The van der Waals surface area contributed by atoms with Gasteiger partial charge in [-0.25, -0.2) is 0 Å². The van der Waals surface area contributed by atoms with Crippen LogP contribution < -0.4 is 5.01 Å². The SMILES string of the molecule is CC(=NCCO)C1C(=O)N(c2ccccc2)N=C1c1ccccc1. The lowest BCUT2D eigenvalue weighted by Gasteiger charge is -2.14. The zero-order valence-electron chi connectivity index (χ0n) is 13.5. The Hall–Kier alpha value is -2.79. The highest BCUT2D eigenvalue weighted by atomic mass is 16.3. The fourth-order valence-electron chi connectivity index (χ4n) is 2.74. The summed E-state index contributed by atoms with van der Waals surface area (Å²) in [6.45, 7) is 2.05. The lowest BCUT2D eigenvalue weighted by molar-refractivity contribution is -0.118. The molecule has 0 aromatic heterocycles. The average Bonchev–Trinajstić information content (AvgIpc) is 2.98. The maximum atomic E-state index is 13.0. The van der Waals surface area contributed by atoms with Crippen molar-refractivity contribution >= 4 is 23.0 Å². The summed E-state index contributed by atoms with van der Waals surface area (Å²) in [5.41, 5.74) is 2.97. The van der Waals surface area contributed by atoms with Gasteiger partial charge in [0, 0.05) is 5.71 Å². The highest BCUT2D eigenvalue weighted by molar-refractivity contribution is 6.32. The number of benzene rings is 2. The highest BCUT2D eigenvalue weighted by Crippen LogP contribution is 2.27. The third kappa shape index (κ3) is 3.12. The van der Waals surface area contributed by atoms with E-state index in [9.17, 15) is 4.79 Å². The van der Waals surface area contributed by atoms with Gasteiger partial charge in [0.25, 0.3) is 5.91 Å². The first-order chi connectivity index (χ1) is 11.7. The second-order valence-electron chi connectivity index (χ2n) is 5.52. The molecule has 2 aromatic carbocycles. The third-order valence-electron chi connectivity index (χ3n) is 3.89. The molecule has 1 aliphatic rings. The molecule has 0 saturated carbocycles. The molecule has 1 amide bonds. The number of aliphatic hydroxyl groups excluding tert-OH is 1. The van der Waals surface area contributed by atoms with Crippen LogP contribution in [0.5, 0.6) is 0 Å². The summed E-state index contributed by atoms with van der Waals surface area (Å²) in [6, 6.07) is 19.0. The topological polar surface area (TPSA) is 65.3 Å². The van der Waals surface area contributed by atoms with Crippen LogP contribution in [0.1, 0.15) is 12.5 Å². The number of rotatable bonds is 5. The molecule has 3 rings (SSSR count). The van der Waals surface area contributed by atoms with Crippen LogP contribution in [-0.4, -0.2) is 35.6 Å². The molecule has 1 N–H and O–H groups in total. The van der Waals surface area contributed by atoms with Crippen LogP contribution in [0.2, 0.25) is 0 Å². The van der Waals surface area contributed by atoms with E-state index in [-0.39, 0.29) is 19.1 Å². The maximum Gasteiger partial charge on any atom is 0.262 e. The second-order valence-corrected chi connectivity index (χ2v) is 5.52. The number of aliphatic imine (C=N–C) groups is 1. The molecule has 0 spiro atoms. The van der Waals surface area contributed by atoms with Crippen molar-refractivity contribution in [3.63, 3.8) is 0 Å². The minimum atomic E-state index is -0.529. The van der Waals surface area contributed by atoms with Crippen molar-refractivity contribution in [3.8, 4) is 0 Å². The molecule has 2 aromatic rings. The summed E-state index contributed by atoms with van der Waals surface area (Å²) in [4.78, 5) is 17.3. The van der Waals surface area contributed by atoms with Crippen molar-refractivity contribution in [2.75, 3.05) is 18.2 Å². The zero-order chi connectivity index (χ0) is 16.9. The number of carbonyl (C=O) groups excluding carboxylic acids is 1. The Kier molecular flexibility index (Phi) is 4.82. The van der Waals surface area contributed by atoms with Crippen molar-refractivity contribution in [2.45, 2.75) is 6.92 Å². The fraction of sp³-hybridized carbons (Fsp3) is 0.211. The van der Waals surface area contributed by atoms with Gasteiger partial charge in [0.1, 0.15) is 5.92 Å². The lowest BCUT2D eigenvalue weighted by Crippen LogP contribution is -2.32. The van der Waals surface area contributed by atoms with Gasteiger partial charge in [-0.2, -0.15) is 10.1 Å². The number of carbonyl (C=O) groups is 1. The summed E-state index contributed by atoms with van der Waals surface area (Å²) < 4.78 is 0. The number of anilines is 1. The highest BCUT2D eigenvalue weighted by Gasteiger charge is 2.39. The number of hydrogen-bond acceptors (Lipinski definition) is 4. The fourth-order valence-corrected chi connectivity index (χ4v) is 2.74. The van der Waals surface area contributed by atoms with Gasteiger partial charge in [0.2, 0.25) is 0 Å². The molecule has 0 aliphatic carbocycles. The standard InChI is InChI=1S/C19H19N3O2/c1-14(20-12-13-23)17-18(15-8-4-2-5-9-15)21-22(19(17)24)16-10-6-3-7-11-16/h2-11,17,23H,12-13H2,1H3. The molecule has 0 bridgehead atoms. The lowest BCUT2D eigenvalue weighted by atomic mass is 9.93. The third-order valence-corrected chi connectivity index (χ3v) is 3.89. The number of aliphatic hydroxyl groups is 1. The molecule has 0 saturated heterocycles. The van der Waals surface area contributed by atoms with E-state index >= 15 is 0 Å². The number of amides is 1. The molecular weight excluding hydrogens is 302 g/mol. The van der Waals surface area contributed by atoms with E-state index in [2.05, 4.69) is 10.1 Å². The number of para-hydroxylation sites is 1. The minimum absolute atomic E-state index is 0.0432. The van der Waals surface area contributed by atoms with E-state index in [0.29, 0.717) is 11.4 Å². The summed E-state index contributed by atoms with van der Waals surface area (Å²) in [6.07, 6.45) is 0. The van der Waals surface area contributed by atoms with Gasteiger partial charge >= 0.3 is 0 Å². The first-order valence-electron chi connectivity index (χ1n) is 7.87. The van der Waals surface area contributed by atoms with Crippen molar-refractivity contribution in [2.24, 2.45) is 16.0 Å². The molecule has 1 heterocycles. The first kappa shape index (κ1) is 16.1. The van der Waals surface area contributed by atoms with Gasteiger partial charge in [-0.15, -0.1) is 0 Å². The van der Waals surface area contributed by atoms with Gasteiger partial charge in [-0.1, -0.05) is 48.5 Å². The van der Waals surface area contributed by atoms with Crippen LogP contribution in [0, 0.1) is 5.92 Å². The van der Waals surface area contributed by atoms with E-state index in [0.717, 1.165) is 11.3 Å². The predicted molar refractivity (Wildman–Crippen MR) is 95.5 cm³/mol. The monoisotopic (exact) mass is 321 g/mol. The number of hydrazone groups is 1. The van der Waals surface area contributed by atoms with Crippen LogP contribution in [0.25, 0.3) is 0 Å². The molecule has 1 unspecified atom stereocenters. The van der Waals surface area contributed by atoms with E-state index < -0.39 is 5.92 Å². The summed E-state index contributed by atoms with van der Waals surface area (Å²) >= 11 is 0.